The van der Waals surface area contributed by atoms with Crippen molar-refractivity contribution in [1.82, 2.24) is 19.5 Å². The van der Waals surface area contributed by atoms with Crippen molar-refractivity contribution < 1.29 is 99.3 Å². The van der Waals surface area contributed by atoms with E-state index in [2.05, 4.69) is 23.8 Å². The molecular formula is C31H39N8O21P3. The zero-order valence-corrected chi connectivity index (χ0v) is 35.4. The number of imidazole rings is 1. The minimum absolute atomic E-state index is 0.00269. The number of nitro groups is 1. The maximum Gasteiger partial charge on any atom is 0.478 e. The molecule has 0 bridgehead atoms. The quantitative estimate of drug-likeness (QED) is 0.0261. The summed E-state index contributed by atoms with van der Waals surface area (Å²) in [4.78, 5) is 68.6. The van der Waals surface area contributed by atoms with Gasteiger partial charge in [0.1, 0.15) is 47.9 Å². The summed E-state index contributed by atoms with van der Waals surface area (Å²) in [5.74, 6) is -0.964. The third-order valence-corrected chi connectivity index (χ3v) is 13.1. The molecule has 32 heteroatoms. The molecule has 2 saturated heterocycles. The van der Waals surface area contributed by atoms with E-state index in [9.17, 15) is 58.6 Å². The number of fused-ring (bicyclic) bond motifs is 1. The molecule has 2 aliphatic heterocycles. The second-order valence-corrected chi connectivity index (χ2v) is 17.8. The number of hydrogen-bond acceptors (Lipinski definition) is 23. The van der Waals surface area contributed by atoms with E-state index >= 15 is 0 Å². The summed E-state index contributed by atoms with van der Waals surface area (Å²) in [5, 5.41) is 44.3. The number of methoxy groups -OCH3 is 2. The maximum absolute atomic E-state index is 13.6. The Labute approximate surface area is 353 Å². The number of pyridine rings is 1. The van der Waals surface area contributed by atoms with Crippen molar-refractivity contribution in [2.24, 2.45) is 5.73 Å². The number of phosphoric ester groups is 3. The highest BCUT2D eigenvalue weighted by molar-refractivity contribution is 7.60. The van der Waals surface area contributed by atoms with E-state index in [1.54, 1.807) is 0 Å². The topological polar surface area (TPSA) is 418 Å². The fraction of sp³-hybridized carbons (Fsp3) is 0.452. The molecule has 6 rings (SSSR count). The Morgan fingerprint density at radius 3 is 2.33 bits per heavy atom. The molecule has 0 aliphatic carbocycles. The van der Waals surface area contributed by atoms with Crippen LogP contribution in [0.15, 0.2) is 49.3 Å². The Morgan fingerprint density at radius 2 is 1.67 bits per heavy atom. The number of aliphatic hydroxyl groups is 3. The molecule has 2 fully saturated rings. The molecule has 0 spiro atoms. The van der Waals surface area contributed by atoms with Crippen LogP contribution in [0.3, 0.4) is 0 Å². The van der Waals surface area contributed by atoms with Crippen LogP contribution in [0.4, 0.5) is 11.5 Å². The average Bonchev–Trinajstić information content (AvgIpc) is 3.87. The van der Waals surface area contributed by atoms with Gasteiger partial charge >= 0.3 is 15.6 Å². The summed E-state index contributed by atoms with van der Waals surface area (Å²) in [6, 6.07) is 4.88. The van der Waals surface area contributed by atoms with Crippen molar-refractivity contribution >= 4 is 52.0 Å². The van der Waals surface area contributed by atoms with Crippen molar-refractivity contribution in [3.8, 4) is 11.5 Å². The lowest BCUT2D eigenvalue weighted by Crippen LogP contribution is -2.46. The second kappa shape index (κ2) is 18.8. The fourth-order valence-electron chi connectivity index (χ4n) is 6.47. The van der Waals surface area contributed by atoms with Crippen LogP contribution in [-0.2, 0) is 45.6 Å². The van der Waals surface area contributed by atoms with Gasteiger partial charge in [-0.3, -0.25) is 37.6 Å². The van der Waals surface area contributed by atoms with Crippen LogP contribution in [0.1, 0.15) is 41.4 Å². The van der Waals surface area contributed by atoms with Gasteiger partial charge in [-0.2, -0.15) is 4.57 Å². The number of hydrogen-bond donors (Lipinski definition) is 7. The summed E-state index contributed by atoms with van der Waals surface area (Å²) in [6.45, 7) is -1.07. The summed E-state index contributed by atoms with van der Waals surface area (Å²) in [6.07, 6.45) is -10.9. The molecule has 344 valence electrons. The van der Waals surface area contributed by atoms with E-state index in [4.69, 9.17) is 44.0 Å². The molecule has 1 aromatic carbocycles. The number of aromatic nitrogens is 5. The number of carbonyl (C=O) groups is 1. The number of phosphoric acid groups is 3. The highest BCUT2D eigenvalue weighted by atomic mass is 31.3. The van der Waals surface area contributed by atoms with Gasteiger partial charge in [-0.25, -0.2) is 28.4 Å². The molecule has 12 atom stereocenters. The van der Waals surface area contributed by atoms with Gasteiger partial charge in [0.05, 0.1) is 56.4 Å². The van der Waals surface area contributed by atoms with Crippen LogP contribution in [0.5, 0.6) is 11.5 Å². The van der Waals surface area contributed by atoms with Gasteiger partial charge in [-0.15, -0.1) is 0 Å². The number of primary amides is 1. The molecule has 9 N–H and O–H groups in total. The monoisotopic (exact) mass is 952 g/mol. The van der Waals surface area contributed by atoms with E-state index in [0.717, 1.165) is 29.4 Å². The zero-order chi connectivity index (χ0) is 46.2. The first-order chi connectivity index (χ1) is 29.5. The lowest BCUT2D eigenvalue weighted by Gasteiger charge is -2.26. The highest BCUT2D eigenvalue weighted by Crippen LogP contribution is 2.59. The standard InChI is InChI=1S/C31H39N8O21P3/c1-14(16-7-18(52-2)19(53-3)8-17(16)39(44)45)58-63(50,51)59-26-24(41)21(57-31(26)38-13-36-22-27(32)34-12-35-29(22)38)11-55-62(48,49)60-61(46,47)54-10-20-23(40)25(42)30(56-20)37-6-4-5-15(9-37)28(33)43/h4-9,12-14,20-21,23-26,30-31,40-42H,10-11H2,1-3H3,(H6-,32,33,34,35,43,46,47,48,49,50,51)/t14?,20-,21-,23-,24-,25-,26-,30-,31-/m1/s1. The third kappa shape index (κ3) is 10.7. The SMILES string of the molecule is COc1cc(C(C)OP(=O)(O)O[C@@H]2[C@H](O)[C@@H](COP(=O)(O)OP(=O)([O-])OC[C@H]3O[C@@H]([n+]4cccc(C(N)=O)c4)[C@H](O)[C@@H]3O)O[C@H]2n2cnc3c(N)ncnc32)c([N+](=O)[O-])cc1OC. The molecule has 3 aromatic heterocycles. The van der Waals surface area contributed by atoms with Crippen molar-refractivity contribution in [3.05, 3.63) is 70.6 Å². The average molecular weight is 953 g/mol. The number of carbonyl (C=O) groups excluding carboxylic acids is 1. The number of ether oxygens (including phenoxy) is 4. The van der Waals surface area contributed by atoms with E-state index in [0.29, 0.717) is 0 Å². The first-order valence-corrected chi connectivity index (χ1v) is 22.3. The second-order valence-electron chi connectivity index (χ2n) is 13.5. The Kier molecular flexibility index (Phi) is 14.3. The van der Waals surface area contributed by atoms with Gasteiger partial charge in [0.2, 0.25) is 0 Å². The van der Waals surface area contributed by atoms with Crippen LogP contribution in [-0.4, -0.2) is 120 Å². The molecule has 4 aromatic rings. The normalized spacial score (nSPS) is 27.0. The lowest BCUT2D eigenvalue weighted by atomic mass is 10.1. The van der Waals surface area contributed by atoms with Crippen LogP contribution in [0.2, 0.25) is 0 Å². The number of amides is 1. The molecule has 0 radical (unpaired) electrons. The number of nitrogen functional groups attached to an aromatic ring is 1. The Hall–Kier alpha value is -4.64. The number of nitrogens with two attached hydrogens (primary N) is 2. The maximum atomic E-state index is 13.6. The molecule has 29 nitrogen and oxygen atoms in total. The Bertz CT molecular complexity index is 2500. The molecule has 2 aliphatic rings. The molecule has 4 unspecified atom stereocenters. The van der Waals surface area contributed by atoms with Gasteiger partial charge in [0.15, 0.2) is 47.7 Å². The van der Waals surface area contributed by atoms with E-state index < -0.39 is 108 Å². The smallest absolute Gasteiger partial charge is 0.478 e. The van der Waals surface area contributed by atoms with Crippen molar-refractivity contribution in [1.29, 1.82) is 0 Å². The molecule has 5 heterocycles. The van der Waals surface area contributed by atoms with Gasteiger partial charge in [-0.1, -0.05) is 0 Å². The highest BCUT2D eigenvalue weighted by Gasteiger charge is 2.52. The molecule has 0 saturated carbocycles. The predicted molar refractivity (Wildman–Crippen MR) is 202 cm³/mol. The number of benzene rings is 1. The lowest BCUT2D eigenvalue weighted by molar-refractivity contribution is -0.765. The van der Waals surface area contributed by atoms with Crippen molar-refractivity contribution in [2.45, 2.75) is 62.1 Å². The minimum atomic E-state index is -5.82. The van der Waals surface area contributed by atoms with Crippen molar-refractivity contribution in [3.63, 3.8) is 0 Å². The molecular weight excluding hydrogens is 913 g/mol. The minimum Gasteiger partial charge on any atom is -0.756 e. The predicted octanol–water partition coefficient (Wildman–Crippen LogP) is -0.820. The first kappa shape index (κ1) is 47.8. The van der Waals surface area contributed by atoms with Gasteiger partial charge in [-0.05, 0) is 19.1 Å². The summed E-state index contributed by atoms with van der Waals surface area (Å²) < 4.78 is 87.3. The van der Waals surface area contributed by atoms with Crippen LogP contribution in [0.25, 0.3) is 11.2 Å². The Balaban J connectivity index is 1.15. The van der Waals surface area contributed by atoms with Gasteiger partial charge in [0.25, 0.3) is 25.6 Å². The van der Waals surface area contributed by atoms with E-state index in [-0.39, 0.29) is 39.6 Å². The van der Waals surface area contributed by atoms with Crippen LogP contribution < -0.4 is 30.4 Å². The van der Waals surface area contributed by atoms with E-state index in [1.807, 2.05) is 0 Å². The number of aliphatic hydroxyl groups excluding tert-OH is 3. The third-order valence-electron chi connectivity index (χ3n) is 9.43. The zero-order valence-electron chi connectivity index (χ0n) is 32.7. The molecule has 63 heavy (non-hydrogen) atoms. The first-order valence-electron chi connectivity index (χ1n) is 17.9. The number of nitrogens with zero attached hydrogens (tertiary/aromatic N) is 6. The summed E-state index contributed by atoms with van der Waals surface area (Å²) >= 11 is 0. The summed E-state index contributed by atoms with van der Waals surface area (Å²) in [5.41, 5.74) is 10.3. The van der Waals surface area contributed by atoms with Gasteiger partial charge < -0.3 is 64.9 Å². The van der Waals surface area contributed by atoms with Crippen LogP contribution in [0, 0.1) is 10.1 Å². The number of nitro benzene ring substituents is 1. The Morgan fingerprint density at radius 1 is 1.00 bits per heavy atom. The van der Waals surface area contributed by atoms with E-state index in [1.165, 1.54) is 50.2 Å². The van der Waals surface area contributed by atoms with Crippen molar-refractivity contribution in [2.75, 3.05) is 33.2 Å². The fourth-order valence-corrected chi connectivity index (χ4v) is 9.62. The van der Waals surface area contributed by atoms with Crippen LogP contribution >= 0.6 is 23.5 Å². The number of anilines is 1. The summed E-state index contributed by atoms with van der Waals surface area (Å²) in [7, 11) is -14.5. The van der Waals surface area contributed by atoms with Gasteiger partial charge in [0, 0.05) is 6.07 Å². The largest absolute Gasteiger partial charge is 0.756 e. The number of rotatable bonds is 19. The molecule has 1 amide bonds.